The summed E-state index contributed by atoms with van der Waals surface area (Å²) in [6.45, 7) is -0.485. The van der Waals surface area contributed by atoms with Crippen LogP contribution in [0.5, 0.6) is 0 Å². The zero-order valence-corrected chi connectivity index (χ0v) is 11.4. The molecule has 0 unspecified atom stereocenters. The fourth-order valence-electron chi connectivity index (χ4n) is 1.47. The van der Waals surface area contributed by atoms with E-state index in [0.717, 1.165) is 12.1 Å². The second-order valence-electron chi connectivity index (χ2n) is 3.97. The number of carbonyl (C=O) groups is 2. The molecular weight excluding hydrogens is 299 g/mol. The second kappa shape index (κ2) is 6.81. The number of nitrogens with one attached hydrogen (secondary N) is 1. The summed E-state index contributed by atoms with van der Waals surface area (Å²) >= 11 is 5.77. The van der Waals surface area contributed by atoms with E-state index in [2.05, 4.69) is 10.3 Å². The van der Waals surface area contributed by atoms with Crippen LogP contribution in [-0.4, -0.2) is 23.5 Å². The zero-order chi connectivity index (χ0) is 15.2. The number of rotatable bonds is 4. The van der Waals surface area contributed by atoms with Gasteiger partial charge in [-0.25, -0.2) is 14.2 Å². The van der Waals surface area contributed by atoms with Crippen molar-refractivity contribution in [1.29, 1.82) is 0 Å². The molecule has 108 valence electrons. The molecule has 0 aliphatic rings. The molecular formula is C14H10ClFN2O3. The number of pyridine rings is 1. The summed E-state index contributed by atoms with van der Waals surface area (Å²) in [4.78, 5) is 27.0. The molecule has 0 bridgehead atoms. The molecule has 1 N–H and O–H groups in total. The van der Waals surface area contributed by atoms with Crippen LogP contribution >= 0.6 is 11.6 Å². The standard InChI is InChI=1S/C14H10ClFN2O3/c15-13-11(2-1-7-17-13)18-12(19)8-21-14(20)9-3-5-10(16)6-4-9/h1-7H,8H2,(H,18,19). The number of halogens is 2. The lowest BCUT2D eigenvalue weighted by atomic mass is 10.2. The summed E-state index contributed by atoms with van der Waals surface area (Å²) in [7, 11) is 0. The number of amides is 1. The Morgan fingerprint density at radius 3 is 2.62 bits per heavy atom. The van der Waals surface area contributed by atoms with Crippen molar-refractivity contribution in [2.45, 2.75) is 0 Å². The Labute approximate surface area is 124 Å². The number of ether oxygens (including phenoxy) is 1. The number of hydrogen-bond acceptors (Lipinski definition) is 4. The van der Waals surface area contributed by atoms with Crippen molar-refractivity contribution in [2.75, 3.05) is 11.9 Å². The van der Waals surface area contributed by atoms with Crippen LogP contribution in [0.25, 0.3) is 0 Å². The van der Waals surface area contributed by atoms with Crippen molar-refractivity contribution in [2.24, 2.45) is 0 Å². The van der Waals surface area contributed by atoms with E-state index < -0.39 is 24.3 Å². The lowest BCUT2D eigenvalue weighted by molar-refractivity contribution is -0.119. The molecule has 5 nitrogen and oxygen atoms in total. The number of carbonyl (C=O) groups excluding carboxylic acids is 2. The van der Waals surface area contributed by atoms with Crippen LogP contribution in [-0.2, 0) is 9.53 Å². The maximum atomic E-state index is 12.7. The van der Waals surface area contributed by atoms with E-state index in [1.54, 1.807) is 12.1 Å². The summed E-state index contributed by atoms with van der Waals surface area (Å²) in [6, 6.07) is 7.97. The van der Waals surface area contributed by atoms with E-state index in [9.17, 15) is 14.0 Å². The molecule has 21 heavy (non-hydrogen) atoms. The molecule has 0 saturated carbocycles. The Hall–Kier alpha value is -2.47. The zero-order valence-electron chi connectivity index (χ0n) is 10.7. The molecule has 0 saturated heterocycles. The van der Waals surface area contributed by atoms with Crippen LogP contribution < -0.4 is 5.32 Å². The summed E-state index contributed by atoms with van der Waals surface area (Å²) < 4.78 is 17.5. The van der Waals surface area contributed by atoms with Gasteiger partial charge in [-0.3, -0.25) is 4.79 Å². The third-order valence-electron chi connectivity index (χ3n) is 2.45. The van der Waals surface area contributed by atoms with Gasteiger partial charge in [0.1, 0.15) is 5.82 Å². The van der Waals surface area contributed by atoms with Gasteiger partial charge >= 0.3 is 5.97 Å². The summed E-state index contributed by atoms with van der Waals surface area (Å²) in [6.07, 6.45) is 1.48. The highest BCUT2D eigenvalue weighted by molar-refractivity contribution is 6.32. The average molecular weight is 309 g/mol. The largest absolute Gasteiger partial charge is 0.452 e. The number of aromatic nitrogens is 1. The quantitative estimate of drug-likeness (QED) is 0.696. The Kier molecular flexibility index (Phi) is 4.84. The van der Waals surface area contributed by atoms with E-state index in [-0.39, 0.29) is 10.7 Å². The second-order valence-corrected chi connectivity index (χ2v) is 4.33. The molecule has 1 heterocycles. The maximum absolute atomic E-state index is 12.7. The van der Waals surface area contributed by atoms with Crippen LogP contribution in [0.4, 0.5) is 10.1 Å². The molecule has 0 fully saturated rings. The first-order chi connectivity index (χ1) is 10.1. The van der Waals surface area contributed by atoms with Crippen LogP contribution in [0.3, 0.4) is 0 Å². The van der Waals surface area contributed by atoms with Crippen molar-refractivity contribution in [3.8, 4) is 0 Å². The fourth-order valence-corrected chi connectivity index (χ4v) is 1.63. The van der Waals surface area contributed by atoms with Gasteiger partial charge in [-0.2, -0.15) is 0 Å². The minimum absolute atomic E-state index is 0.135. The van der Waals surface area contributed by atoms with Gasteiger partial charge < -0.3 is 10.1 Å². The lowest BCUT2D eigenvalue weighted by Gasteiger charge is -2.07. The third-order valence-corrected chi connectivity index (χ3v) is 2.75. The van der Waals surface area contributed by atoms with Crippen molar-refractivity contribution < 1.29 is 18.7 Å². The van der Waals surface area contributed by atoms with Gasteiger partial charge in [0.25, 0.3) is 5.91 Å². The van der Waals surface area contributed by atoms with Crippen molar-refractivity contribution in [3.05, 3.63) is 59.1 Å². The molecule has 2 aromatic rings. The van der Waals surface area contributed by atoms with E-state index in [4.69, 9.17) is 16.3 Å². The van der Waals surface area contributed by atoms with E-state index in [1.165, 1.54) is 18.3 Å². The Morgan fingerprint density at radius 1 is 1.24 bits per heavy atom. The van der Waals surface area contributed by atoms with Crippen LogP contribution in [0.15, 0.2) is 42.6 Å². The Bertz CT molecular complexity index is 662. The number of esters is 1. The first-order valence-electron chi connectivity index (χ1n) is 5.89. The van der Waals surface area contributed by atoms with Crippen molar-refractivity contribution >= 4 is 29.2 Å². The topological polar surface area (TPSA) is 68.3 Å². The van der Waals surface area contributed by atoms with Gasteiger partial charge in [0.2, 0.25) is 0 Å². The number of hydrogen-bond donors (Lipinski definition) is 1. The van der Waals surface area contributed by atoms with Crippen molar-refractivity contribution in [1.82, 2.24) is 4.98 Å². The predicted molar refractivity (Wildman–Crippen MR) is 74.6 cm³/mol. The average Bonchev–Trinajstić information content (AvgIpc) is 2.48. The van der Waals surface area contributed by atoms with E-state index in [1.807, 2.05) is 0 Å². The molecule has 1 aromatic heterocycles. The van der Waals surface area contributed by atoms with Gasteiger partial charge in [0.15, 0.2) is 11.8 Å². The lowest BCUT2D eigenvalue weighted by Crippen LogP contribution is -2.21. The summed E-state index contributed by atoms with van der Waals surface area (Å²) in [5.41, 5.74) is 0.477. The monoisotopic (exact) mass is 308 g/mol. The number of anilines is 1. The maximum Gasteiger partial charge on any atom is 0.338 e. The Morgan fingerprint density at radius 2 is 1.95 bits per heavy atom. The van der Waals surface area contributed by atoms with Gasteiger partial charge in [-0.1, -0.05) is 11.6 Å². The van der Waals surface area contributed by atoms with Crippen LogP contribution in [0.2, 0.25) is 5.15 Å². The molecule has 0 radical (unpaired) electrons. The Balaban J connectivity index is 1.88. The minimum atomic E-state index is -0.720. The van der Waals surface area contributed by atoms with Crippen LogP contribution in [0.1, 0.15) is 10.4 Å². The molecule has 7 heteroatoms. The summed E-state index contributed by atoms with van der Waals surface area (Å²) in [5, 5.41) is 2.59. The predicted octanol–water partition coefficient (Wildman–Crippen LogP) is 2.67. The smallest absolute Gasteiger partial charge is 0.338 e. The van der Waals surface area contributed by atoms with Gasteiger partial charge in [0.05, 0.1) is 11.3 Å². The van der Waals surface area contributed by atoms with Gasteiger partial charge in [-0.05, 0) is 36.4 Å². The molecule has 1 amide bonds. The first kappa shape index (κ1) is 14.9. The van der Waals surface area contributed by atoms with E-state index >= 15 is 0 Å². The molecule has 0 aliphatic heterocycles. The highest BCUT2D eigenvalue weighted by atomic mass is 35.5. The molecule has 2 rings (SSSR count). The van der Waals surface area contributed by atoms with Crippen LogP contribution in [0, 0.1) is 5.82 Å². The number of benzene rings is 1. The van der Waals surface area contributed by atoms with Crippen molar-refractivity contribution in [3.63, 3.8) is 0 Å². The molecule has 1 aromatic carbocycles. The minimum Gasteiger partial charge on any atom is -0.452 e. The highest BCUT2D eigenvalue weighted by Gasteiger charge is 2.11. The summed E-state index contributed by atoms with van der Waals surface area (Å²) in [5.74, 6) is -1.74. The van der Waals surface area contributed by atoms with Gasteiger partial charge in [-0.15, -0.1) is 0 Å². The molecule has 0 atom stereocenters. The fraction of sp³-hybridized carbons (Fsp3) is 0.0714. The highest BCUT2D eigenvalue weighted by Crippen LogP contribution is 2.17. The normalized spacial score (nSPS) is 10.0. The van der Waals surface area contributed by atoms with E-state index in [0.29, 0.717) is 5.69 Å². The molecule has 0 spiro atoms. The SMILES string of the molecule is O=C(COC(=O)c1ccc(F)cc1)Nc1cccnc1Cl. The molecule has 0 aliphatic carbocycles. The van der Waals surface area contributed by atoms with Gasteiger partial charge in [0, 0.05) is 6.20 Å². The third kappa shape index (κ3) is 4.25. The number of nitrogens with zero attached hydrogens (tertiary/aromatic N) is 1. The first-order valence-corrected chi connectivity index (χ1v) is 6.27.